The van der Waals surface area contributed by atoms with Gasteiger partial charge in [0.25, 0.3) is 11.6 Å². The number of benzene rings is 1. The van der Waals surface area contributed by atoms with Gasteiger partial charge in [-0.05, 0) is 26.0 Å². The van der Waals surface area contributed by atoms with Crippen molar-refractivity contribution < 1.29 is 23.8 Å². The van der Waals surface area contributed by atoms with Crippen LogP contribution in [0.3, 0.4) is 0 Å². The molecule has 1 atom stereocenters. The van der Waals surface area contributed by atoms with E-state index in [0.29, 0.717) is 5.76 Å². The number of amides is 1. The number of hydrogen-bond acceptors (Lipinski definition) is 7. The van der Waals surface area contributed by atoms with Gasteiger partial charge in [0.1, 0.15) is 10.8 Å². The lowest BCUT2D eigenvalue weighted by Crippen LogP contribution is -2.30. The van der Waals surface area contributed by atoms with Crippen molar-refractivity contribution in [2.45, 2.75) is 20.0 Å². The maximum Gasteiger partial charge on any atom is 0.339 e. The summed E-state index contributed by atoms with van der Waals surface area (Å²) in [5, 5.41) is 16.7. The van der Waals surface area contributed by atoms with Gasteiger partial charge in [0.2, 0.25) is 0 Å². The number of nitrogens with one attached hydrogen (secondary N) is 1. The average Bonchev–Trinajstić information content (AvgIpc) is 2.92. The van der Waals surface area contributed by atoms with Crippen LogP contribution in [0.15, 0.2) is 28.8 Å². The van der Waals surface area contributed by atoms with Gasteiger partial charge in [-0.25, -0.2) is 4.79 Å². The fraction of sp³-hybridized carbons (Fsp3) is 0.214. The molecule has 2 rings (SSSR count). The number of aryl methyl sites for hydroxylation is 1. The van der Waals surface area contributed by atoms with Crippen molar-refractivity contribution in [3.8, 4) is 0 Å². The Morgan fingerprint density at radius 3 is 2.71 bits per heavy atom. The topological polar surface area (TPSA) is 125 Å². The molecule has 0 aliphatic carbocycles. The van der Waals surface area contributed by atoms with E-state index < -0.39 is 28.6 Å². The summed E-state index contributed by atoms with van der Waals surface area (Å²) in [5.41, 5.74) is -0.524. The number of esters is 1. The third-order valence-corrected chi connectivity index (χ3v) is 3.23. The largest absolute Gasteiger partial charge is 0.449 e. The second-order valence-corrected chi connectivity index (χ2v) is 5.19. The summed E-state index contributed by atoms with van der Waals surface area (Å²) in [6.07, 6.45) is -1.15. The lowest BCUT2D eigenvalue weighted by atomic mass is 10.2. The highest BCUT2D eigenvalue weighted by Gasteiger charge is 2.22. The van der Waals surface area contributed by atoms with E-state index in [2.05, 4.69) is 10.5 Å². The molecule has 1 heterocycles. The maximum atomic E-state index is 12.0. The number of rotatable bonds is 5. The number of nitro groups is 1. The minimum Gasteiger partial charge on any atom is -0.449 e. The van der Waals surface area contributed by atoms with Crippen molar-refractivity contribution in [3.63, 3.8) is 0 Å². The summed E-state index contributed by atoms with van der Waals surface area (Å²) >= 11 is 5.67. The molecule has 0 aliphatic rings. The van der Waals surface area contributed by atoms with Crippen LogP contribution in [0, 0.1) is 17.0 Å². The van der Waals surface area contributed by atoms with Crippen molar-refractivity contribution in [2.75, 3.05) is 5.32 Å². The third-order valence-electron chi connectivity index (χ3n) is 2.91. The Hall–Kier alpha value is -2.94. The highest BCUT2D eigenvalue weighted by atomic mass is 35.5. The molecule has 9 nitrogen and oxygen atoms in total. The van der Waals surface area contributed by atoms with E-state index >= 15 is 0 Å². The quantitative estimate of drug-likeness (QED) is 0.497. The van der Waals surface area contributed by atoms with Gasteiger partial charge in [-0.3, -0.25) is 14.9 Å². The Morgan fingerprint density at radius 2 is 2.12 bits per heavy atom. The molecule has 0 aliphatic heterocycles. The fourth-order valence-corrected chi connectivity index (χ4v) is 1.90. The predicted molar refractivity (Wildman–Crippen MR) is 82.9 cm³/mol. The van der Waals surface area contributed by atoms with Crippen molar-refractivity contribution in [3.05, 3.63) is 50.7 Å². The molecule has 2 aromatic rings. The number of aromatic nitrogens is 1. The van der Waals surface area contributed by atoms with E-state index in [4.69, 9.17) is 20.9 Å². The average molecular weight is 354 g/mol. The van der Waals surface area contributed by atoms with E-state index in [-0.39, 0.29) is 16.4 Å². The monoisotopic (exact) mass is 353 g/mol. The van der Waals surface area contributed by atoms with E-state index in [0.717, 1.165) is 6.07 Å². The molecule has 1 amide bonds. The Morgan fingerprint density at radius 1 is 1.42 bits per heavy atom. The number of halogens is 1. The summed E-state index contributed by atoms with van der Waals surface area (Å²) in [6.45, 7) is 3.00. The van der Waals surface area contributed by atoms with Crippen LogP contribution in [0.4, 0.5) is 11.5 Å². The first-order valence-electron chi connectivity index (χ1n) is 6.67. The summed E-state index contributed by atoms with van der Waals surface area (Å²) < 4.78 is 9.77. The Bertz CT molecular complexity index is 804. The molecule has 1 aromatic carbocycles. The summed E-state index contributed by atoms with van der Waals surface area (Å²) in [4.78, 5) is 34.0. The van der Waals surface area contributed by atoms with E-state index in [1.807, 2.05) is 0 Å². The first kappa shape index (κ1) is 17.4. The number of anilines is 1. The molecular formula is C14H12ClN3O6. The Kier molecular flexibility index (Phi) is 5.14. The molecular weight excluding hydrogens is 342 g/mol. The maximum absolute atomic E-state index is 12.0. The minimum absolute atomic E-state index is 0.0944. The lowest BCUT2D eigenvalue weighted by molar-refractivity contribution is -0.384. The highest BCUT2D eigenvalue weighted by molar-refractivity contribution is 6.32. The zero-order chi connectivity index (χ0) is 17.9. The van der Waals surface area contributed by atoms with Crippen LogP contribution < -0.4 is 5.32 Å². The Balaban J connectivity index is 2.04. The Labute approximate surface area is 140 Å². The number of ether oxygens (including phenoxy) is 1. The number of nitro benzene ring substituents is 1. The normalized spacial score (nSPS) is 11.6. The number of nitrogens with zero attached hydrogens (tertiary/aromatic N) is 2. The van der Waals surface area contributed by atoms with Crippen LogP contribution in [0.2, 0.25) is 5.02 Å². The van der Waals surface area contributed by atoms with Crippen molar-refractivity contribution in [1.29, 1.82) is 0 Å². The lowest BCUT2D eigenvalue weighted by Gasteiger charge is -2.12. The van der Waals surface area contributed by atoms with Gasteiger partial charge in [-0.2, -0.15) is 0 Å². The van der Waals surface area contributed by atoms with Crippen LogP contribution in [-0.2, 0) is 9.53 Å². The van der Waals surface area contributed by atoms with Crippen LogP contribution in [-0.4, -0.2) is 28.1 Å². The molecule has 0 spiro atoms. The molecule has 0 saturated heterocycles. The van der Waals surface area contributed by atoms with Gasteiger partial charge in [0.15, 0.2) is 11.9 Å². The van der Waals surface area contributed by atoms with Crippen molar-refractivity contribution in [1.82, 2.24) is 5.16 Å². The van der Waals surface area contributed by atoms with Gasteiger partial charge in [-0.1, -0.05) is 16.8 Å². The van der Waals surface area contributed by atoms with Crippen LogP contribution in [0.25, 0.3) is 0 Å². The van der Waals surface area contributed by atoms with E-state index in [1.54, 1.807) is 6.92 Å². The second kappa shape index (κ2) is 7.09. The summed E-state index contributed by atoms with van der Waals surface area (Å²) in [7, 11) is 0. The SMILES string of the molecule is Cc1cc(NC(=O)C(C)OC(=O)c2ccc(Cl)c([N+](=O)[O-])c2)no1. The van der Waals surface area contributed by atoms with E-state index in [1.165, 1.54) is 25.1 Å². The second-order valence-electron chi connectivity index (χ2n) is 4.78. The fourth-order valence-electron chi connectivity index (χ4n) is 1.71. The van der Waals surface area contributed by atoms with Crippen LogP contribution in [0.5, 0.6) is 0 Å². The van der Waals surface area contributed by atoms with E-state index in [9.17, 15) is 19.7 Å². The van der Waals surface area contributed by atoms with Gasteiger partial charge in [-0.15, -0.1) is 0 Å². The molecule has 1 unspecified atom stereocenters. The zero-order valence-electron chi connectivity index (χ0n) is 12.6. The van der Waals surface area contributed by atoms with Crippen molar-refractivity contribution in [2.24, 2.45) is 0 Å². The number of hydrogen-bond donors (Lipinski definition) is 1. The zero-order valence-corrected chi connectivity index (χ0v) is 13.4. The molecule has 1 N–H and O–H groups in total. The predicted octanol–water partition coefficient (Wildman–Crippen LogP) is 2.73. The number of carbonyl (C=O) groups is 2. The van der Waals surface area contributed by atoms with Gasteiger partial charge in [0, 0.05) is 12.1 Å². The van der Waals surface area contributed by atoms with Crippen molar-refractivity contribution >= 4 is 35.0 Å². The van der Waals surface area contributed by atoms with Gasteiger partial charge >= 0.3 is 5.97 Å². The first-order chi connectivity index (χ1) is 11.3. The number of carbonyl (C=O) groups excluding carboxylic acids is 2. The molecule has 0 fully saturated rings. The summed E-state index contributed by atoms with van der Waals surface area (Å²) in [5.74, 6) is -0.834. The minimum atomic E-state index is -1.15. The van der Waals surface area contributed by atoms with Gasteiger partial charge < -0.3 is 14.6 Å². The molecule has 126 valence electrons. The molecule has 0 radical (unpaired) electrons. The first-order valence-corrected chi connectivity index (χ1v) is 7.05. The molecule has 0 bridgehead atoms. The summed E-state index contributed by atoms with van der Waals surface area (Å²) in [6, 6.07) is 4.95. The molecule has 0 saturated carbocycles. The smallest absolute Gasteiger partial charge is 0.339 e. The van der Waals surface area contributed by atoms with Gasteiger partial charge in [0.05, 0.1) is 10.5 Å². The molecule has 24 heavy (non-hydrogen) atoms. The highest BCUT2D eigenvalue weighted by Crippen LogP contribution is 2.25. The molecule has 1 aromatic heterocycles. The van der Waals surface area contributed by atoms with Crippen LogP contribution in [0.1, 0.15) is 23.0 Å². The van der Waals surface area contributed by atoms with Crippen LogP contribution >= 0.6 is 11.6 Å². The standard InChI is InChI=1S/C14H12ClN3O6/c1-7-5-12(17-24-7)16-13(19)8(2)23-14(20)9-3-4-10(15)11(6-9)18(21)22/h3-6,8H,1-2H3,(H,16,17,19). The third kappa shape index (κ3) is 4.07. The molecule has 10 heteroatoms.